The van der Waals surface area contributed by atoms with E-state index in [1.165, 1.54) is 0 Å². The van der Waals surface area contributed by atoms with Gasteiger partial charge in [0, 0.05) is 12.6 Å². The molecule has 2 aliphatic rings. The number of benzene rings is 1. The molecule has 5 nitrogen and oxygen atoms in total. The minimum atomic E-state index is 0.395. The van der Waals surface area contributed by atoms with Gasteiger partial charge in [-0.1, -0.05) is 11.6 Å². The SMILES string of the molecule is CC1CN=C(NCc2cc(Cl)c3c(c2)OCCO3)N1. The van der Waals surface area contributed by atoms with Crippen LogP contribution in [-0.4, -0.2) is 31.8 Å². The first-order valence-electron chi connectivity index (χ1n) is 6.35. The third-order valence-corrected chi connectivity index (χ3v) is 3.30. The molecule has 6 heteroatoms. The molecule has 2 aliphatic heterocycles. The van der Waals surface area contributed by atoms with Crippen molar-refractivity contribution in [3.63, 3.8) is 0 Å². The highest BCUT2D eigenvalue weighted by Crippen LogP contribution is 2.38. The standard InChI is InChI=1S/C13H16ClN3O2/c1-8-6-15-13(17-8)16-7-9-4-10(14)12-11(5-9)18-2-3-19-12/h4-5,8H,2-3,6-7H2,1H3,(H2,15,16,17). The molecule has 19 heavy (non-hydrogen) atoms. The van der Waals surface area contributed by atoms with Crippen molar-refractivity contribution in [3.05, 3.63) is 22.7 Å². The Hall–Kier alpha value is -1.62. The molecule has 3 rings (SSSR count). The van der Waals surface area contributed by atoms with Crippen molar-refractivity contribution in [3.8, 4) is 11.5 Å². The summed E-state index contributed by atoms with van der Waals surface area (Å²) in [6.07, 6.45) is 0. The van der Waals surface area contributed by atoms with Gasteiger partial charge in [0.25, 0.3) is 0 Å². The van der Waals surface area contributed by atoms with Crippen LogP contribution in [0.5, 0.6) is 11.5 Å². The highest BCUT2D eigenvalue weighted by Gasteiger charge is 2.17. The van der Waals surface area contributed by atoms with E-state index in [4.69, 9.17) is 21.1 Å². The third kappa shape index (κ3) is 2.71. The summed E-state index contributed by atoms with van der Waals surface area (Å²) in [5.41, 5.74) is 1.04. The molecular formula is C13H16ClN3O2. The van der Waals surface area contributed by atoms with Gasteiger partial charge in [0.15, 0.2) is 17.5 Å². The number of ether oxygens (including phenoxy) is 2. The van der Waals surface area contributed by atoms with Crippen LogP contribution in [0.15, 0.2) is 17.1 Å². The number of nitrogens with one attached hydrogen (secondary N) is 2. The van der Waals surface area contributed by atoms with Gasteiger partial charge < -0.3 is 20.1 Å². The lowest BCUT2D eigenvalue weighted by atomic mass is 10.2. The van der Waals surface area contributed by atoms with Crippen LogP contribution in [0.1, 0.15) is 12.5 Å². The van der Waals surface area contributed by atoms with Crippen LogP contribution < -0.4 is 20.1 Å². The molecule has 1 unspecified atom stereocenters. The van der Waals surface area contributed by atoms with Crippen molar-refractivity contribution in [2.45, 2.75) is 19.5 Å². The Morgan fingerprint density at radius 1 is 1.42 bits per heavy atom. The molecule has 2 N–H and O–H groups in total. The second-order valence-electron chi connectivity index (χ2n) is 4.69. The fourth-order valence-electron chi connectivity index (χ4n) is 2.11. The van der Waals surface area contributed by atoms with Crippen molar-refractivity contribution < 1.29 is 9.47 Å². The first kappa shape index (κ1) is 12.4. The van der Waals surface area contributed by atoms with E-state index in [1.807, 2.05) is 12.1 Å². The van der Waals surface area contributed by atoms with Gasteiger partial charge in [-0.05, 0) is 24.6 Å². The fraction of sp³-hybridized carbons (Fsp3) is 0.462. The van der Waals surface area contributed by atoms with Crippen molar-refractivity contribution in [2.75, 3.05) is 19.8 Å². The summed E-state index contributed by atoms with van der Waals surface area (Å²) in [5.74, 6) is 2.19. The molecule has 1 atom stereocenters. The zero-order chi connectivity index (χ0) is 13.2. The second-order valence-corrected chi connectivity index (χ2v) is 5.10. The predicted molar refractivity (Wildman–Crippen MR) is 74.2 cm³/mol. The lowest BCUT2D eigenvalue weighted by Gasteiger charge is -2.20. The van der Waals surface area contributed by atoms with Gasteiger partial charge >= 0.3 is 0 Å². The predicted octanol–water partition coefficient (Wildman–Crippen LogP) is 1.55. The van der Waals surface area contributed by atoms with Gasteiger partial charge in [-0.15, -0.1) is 0 Å². The highest BCUT2D eigenvalue weighted by atomic mass is 35.5. The smallest absolute Gasteiger partial charge is 0.191 e. The van der Waals surface area contributed by atoms with Crippen molar-refractivity contribution in [1.82, 2.24) is 10.6 Å². The molecule has 0 spiro atoms. The maximum absolute atomic E-state index is 6.19. The molecule has 0 saturated carbocycles. The first-order chi connectivity index (χ1) is 9.22. The molecule has 0 radical (unpaired) electrons. The molecule has 0 aliphatic carbocycles. The maximum Gasteiger partial charge on any atom is 0.191 e. The number of rotatable bonds is 2. The van der Waals surface area contributed by atoms with E-state index in [9.17, 15) is 0 Å². The van der Waals surface area contributed by atoms with Gasteiger partial charge in [-0.3, -0.25) is 4.99 Å². The zero-order valence-electron chi connectivity index (χ0n) is 10.7. The van der Waals surface area contributed by atoms with E-state index in [0.717, 1.165) is 18.1 Å². The van der Waals surface area contributed by atoms with Gasteiger partial charge in [0.05, 0.1) is 11.6 Å². The van der Waals surface area contributed by atoms with Crippen molar-refractivity contribution >= 4 is 17.6 Å². The number of aliphatic imine (C=N–C) groups is 1. The fourth-order valence-corrected chi connectivity index (χ4v) is 2.40. The molecule has 0 amide bonds. The zero-order valence-corrected chi connectivity index (χ0v) is 11.5. The van der Waals surface area contributed by atoms with Crippen LogP contribution in [0, 0.1) is 0 Å². The van der Waals surface area contributed by atoms with Crippen LogP contribution in [-0.2, 0) is 6.54 Å². The van der Waals surface area contributed by atoms with Crippen LogP contribution >= 0.6 is 11.6 Å². The summed E-state index contributed by atoms with van der Waals surface area (Å²) in [4.78, 5) is 4.35. The molecule has 0 aromatic heterocycles. The average molecular weight is 282 g/mol. The van der Waals surface area contributed by atoms with Crippen LogP contribution in [0.4, 0.5) is 0 Å². The molecule has 1 aromatic rings. The van der Waals surface area contributed by atoms with Crippen LogP contribution in [0.2, 0.25) is 5.02 Å². The van der Waals surface area contributed by atoms with Gasteiger partial charge in [0.1, 0.15) is 13.2 Å². The van der Waals surface area contributed by atoms with Crippen molar-refractivity contribution in [1.29, 1.82) is 0 Å². The van der Waals surface area contributed by atoms with Gasteiger partial charge in [0.2, 0.25) is 0 Å². The summed E-state index contributed by atoms with van der Waals surface area (Å²) in [7, 11) is 0. The summed E-state index contributed by atoms with van der Waals surface area (Å²) >= 11 is 6.19. The van der Waals surface area contributed by atoms with E-state index in [0.29, 0.717) is 42.3 Å². The molecule has 1 aromatic carbocycles. The quantitative estimate of drug-likeness (QED) is 0.864. The number of guanidine groups is 1. The first-order valence-corrected chi connectivity index (χ1v) is 6.73. The number of hydrogen-bond donors (Lipinski definition) is 2. The summed E-state index contributed by atoms with van der Waals surface area (Å²) in [6, 6.07) is 4.24. The van der Waals surface area contributed by atoms with Crippen LogP contribution in [0.3, 0.4) is 0 Å². The Morgan fingerprint density at radius 3 is 3.05 bits per heavy atom. The molecule has 0 bridgehead atoms. The van der Waals surface area contributed by atoms with E-state index < -0.39 is 0 Å². The van der Waals surface area contributed by atoms with Crippen LogP contribution in [0.25, 0.3) is 0 Å². The molecule has 2 heterocycles. The van der Waals surface area contributed by atoms with E-state index in [2.05, 4.69) is 22.5 Å². The van der Waals surface area contributed by atoms with Gasteiger partial charge in [-0.2, -0.15) is 0 Å². The summed E-state index contributed by atoms with van der Waals surface area (Å²) in [6.45, 7) is 4.66. The second kappa shape index (κ2) is 5.17. The topological polar surface area (TPSA) is 54.9 Å². The van der Waals surface area contributed by atoms with Gasteiger partial charge in [-0.25, -0.2) is 0 Å². The minimum Gasteiger partial charge on any atom is -0.486 e. The van der Waals surface area contributed by atoms with Crippen molar-refractivity contribution in [2.24, 2.45) is 4.99 Å². The normalized spacial score (nSPS) is 20.7. The Balaban J connectivity index is 1.70. The summed E-state index contributed by atoms with van der Waals surface area (Å²) < 4.78 is 11.0. The number of fused-ring (bicyclic) bond motifs is 1. The molecular weight excluding hydrogens is 266 g/mol. The number of halogens is 1. The Bertz CT molecular complexity index is 519. The number of nitrogens with zero attached hydrogens (tertiary/aromatic N) is 1. The Kier molecular flexibility index (Phi) is 3.38. The minimum absolute atomic E-state index is 0.395. The largest absolute Gasteiger partial charge is 0.486 e. The molecule has 0 fully saturated rings. The Morgan fingerprint density at radius 2 is 2.26 bits per heavy atom. The van der Waals surface area contributed by atoms with E-state index >= 15 is 0 Å². The Labute approximate surface area is 116 Å². The summed E-state index contributed by atoms with van der Waals surface area (Å²) in [5, 5.41) is 7.08. The lowest BCUT2D eigenvalue weighted by Crippen LogP contribution is -2.37. The lowest BCUT2D eigenvalue weighted by molar-refractivity contribution is 0.171. The maximum atomic E-state index is 6.19. The molecule has 102 valence electrons. The highest BCUT2D eigenvalue weighted by molar-refractivity contribution is 6.32. The molecule has 0 saturated heterocycles. The average Bonchev–Trinajstić information content (AvgIpc) is 2.82. The van der Waals surface area contributed by atoms with E-state index in [1.54, 1.807) is 0 Å². The van der Waals surface area contributed by atoms with E-state index in [-0.39, 0.29) is 0 Å². The monoisotopic (exact) mass is 281 g/mol. The third-order valence-electron chi connectivity index (χ3n) is 3.02. The number of hydrogen-bond acceptors (Lipinski definition) is 5.